The summed E-state index contributed by atoms with van der Waals surface area (Å²) in [5.41, 5.74) is 8.55. The molecule has 2 atom stereocenters. The number of hydrogen-bond acceptors (Lipinski definition) is 8. The number of halogens is 1. The Morgan fingerprint density at radius 2 is 1.88 bits per heavy atom. The lowest BCUT2D eigenvalue weighted by Gasteiger charge is -2.40. The molecule has 0 aromatic carbocycles. The topological polar surface area (TPSA) is 124 Å². The van der Waals surface area contributed by atoms with E-state index in [-0.39, 0.29) is 29.5 Å². The number of sulfone groups is 1. The lowest BCUT2D eigenvalue weighted by atomic mass is 9.92. The molecule has 2 aliphatic rings. The molecule has 1 fully saturated rings. The normalized spacial score (nSPS) is 26.8. The van der Waals surface area contributed by atoms with Gasteiger partial charge in [-0.25, -0.2) is 22.8 Å². The van der Waals surface area contributed by atoms with Gasteiger partial charge in [-0.2, -0.15) is 0 Å². The van der Waals surface area contributed by atoms with Gasteiger partial charge in [0.15, 0.2) is 9.84 Å². The predicted molar refractivity (Wildman–Crippen MR) is 123 cm³/mol. The maximum absolute atomic E-state index is 15.0. The van der Waals surface area contributed by atoms with Crippen LogP contribution in [0.5, 0.6) is 0 Å². The maximum atomic E-state index is 15.0. The number of pyridine rings is 2. The van der Waals surface area contributed by atoms with Gasteiger partial charge >= 0.3 is 0 Å². The summed E-state index contributed by atoms with van der Waals surface area (Å²) in [5, 5.41) is 0. The fraction of sp³-hybridized carbons (Fsp3) is 0.435. The van der Waals surface area contributed by atoms with Crippen LogP contribution < -0.4 is 5.73 Å². The Labute approximate surface area is 191 Å². The van der Waals surface area contributed by atoms with Gasteiger partial charge in [0.2, 0.25) is 0 Å². The molecule has 1 aliphatic heterocycles. The van der Waals surface area contributed by atoms with Gasteiger partial charge in [0.25, 0.3) is 0 Å². The predicted octanol–water partition coefficient (Wildman–Crippen LogP) is 2.63. The minimum absolute atomic E-state index is 0.0316. The Morgan fingerprint density at radius 3 is 2.58 bits per heavy atom. The Bertz CT molecular complexity index is 1420. The van der Waals surface area contributed by atoms with Crippen LogP contribution in [0, 0.1) is 18.7 Å². The first-order chi connectivity index (χ1) is 15.5. The molecule has 3 aromatic rings. The highest BCUT2D eigenvalue weighted by molar-refractivity contribution is 7.93. The van der Waals surface area contributed by atoms with Crippen LogP contribution in [0.15, 0.2) is 35.8 Å². The Balaban J connectivity index is 1.56. The van der Waals surface area contributed by atoms with E-state index in [1.54, 1.807) is 26.1 Å². The molecule has 33 heavy (non-hydrogen) atoms. The van der Waals surface area contributed by atoms with E-state index >= 15 is 0 Å². The van der Waals surface area contributed by atoms with Crippen molar-refractivity contribution in [1.29, 1.82) is 0 Å². The molecule has 0 amide bonds. The molecule has 1 aliphatic carbocycles. The highest BCUT2D eigenvalue weighted by atomic mass is 32.2. The number of fused-ring (bicyclic) bond motifs is 1. The van der Waals surface area contributed by atoms with E-state index in [0.717, 1.165) is 24.6 Å². The second-order valence-electron chi connectivity index (χ2n) is 9.44. The van der Waals surface area contributed by atoms with Gasteiger partial charge in [0.05, 0.1) is 23.2 Å². The number of amidine groups is 1. The third-order valence-corrected chi connectivity index (χ3v) is 9.65. The summed E-state index contributed by atoms with van der Waals surface area (Å²) in [6.45, 7) is 5.18. The van der Waals surface area contributed by atoms with Crippen LogP contribution in [0.25, 0.3) is 11.0 Å². The smallest absolute Gasteiger partial charge is 0.165 e. The maximum Gasteiger partial charge on any atom is 0.165 e. The van der Waals surface area contributed by atoms with E-state index in [1.165, 1.54) is 6.33 Å². The fourth-order valence-corrected chi connectivity index (χ4v) is 7.08. The van der Waals surface area contributed by atoms with Crippen molar-refractivity contribution >= 4 is 26.7 Å². The van der Waals surface area contributed by atoms with E-state index in [0.29, 0.717) is 22.4 Å². The second kappa shape index (κ2) is 7.24. The van der Waals surface area contributed by atoms with E-state index in [2.05, 4.69) is 24.9 Å². The van der Waals surface area contributed by atoms with Crippen molar-refractivity contribution in [2.75, 3.05) is 5.75 Å². The summed E-state index contributed by atoms with van der Waals surface area (Å²) >= 11 is 0. The molecule has 0 spiro atoms. The lowest BCUT2D eigenvalue weighted by molar-refractivity contribution is 0.461. The van der Waals surface area contributed by atoms with Crippen LogP contribution in [0.2, 0.25) is 0 Å². The first-order valence-corrected chi connectivity index (χ1v) is 12.5. The van der Waals surface area contributed by atoms with Gasteiger partial charge in [-0.15, -0.1) is 0 Å². The van der Waals surface area contributed by atoms with Crippen molar-refractivity contribution < 1.29 is 12.8 Å². The summed E-state index contributed by atoms with van der Waals surface area (Å²) < 4.78 is 40.4. The highest BCUT2D eigenvalue weighted by Gasteiger charge is 2.58. The van der Waals surface area contributed by atoms with Crippen LogP contribution in [-0.4, -0.2) is 44.7 Å². The number of aliphatic imine (C=N–C) groups is 1. The SMILES string of the molecule is Cc1cnc2c(Cc3cc([C@]4(C)CS(=O)(=O)[C@@](C)(C5CC5)C(N)=N4)c(F)cn3)ncnc2c1. The van der Waals surface area contributed by atoms with Crippen LogP contribution in [0.1, 0.15) is 49.2 Å². The number of nitrogens with two attached hydrogens (primary N) is 1. The van der Waals surface area contributed by atoms with Crippen LogP contribution in [0.3, 0.4) is 0 Å². The van der Waals surface area contributed by atoms with Crippen molar-refractivity contribution in [3.05, 3.63) is 59.2 Å². The average Bonchev–Trinajstić information content (AvgIpc) is 3.58. The Hall–Kier alpha value is -3.01. The van der Waals surface area contributed by atoms with E-state index in [1.807, 2.05) is 13.0 Å². The number of aryl methyl sites for hydroxylation is 1. The average molecular weight is 469 g/mol. The molecule has 8 nitrogen and oxygen atoms in total. The quantitative estimate of drug-likeness (QED) is 0.624. The Kier molecular flexibility index (Phi) is 4.79. The van der Waals surface area contributed by atoms with E-state index in [4.69, 9.17) is 5.73 Å². The number of hydrogen-bond donors (Lipinski definition) is 1. The van der Waals surface area contributed by atoms with Crippen molar-refractivity contribution in [3.63, 3.8) is 0 Å². The third kappa shape index (κ3) is 3.47. The molecule has 0 unspecified atom stereocenters. The molecule has 3 aromatic heterocycles. The number of rotatable bonds is 4. The Morgan fingerprint density at radius 1 is 1.12 bits per heavy atom. The van der Waals surface area contributed by atoms with Crippen molar-refractivity contribution in [3.8, 4) is 0 Å². The van der Waals surface area contributed by atoms with Gasteiger partial charge in [0.1, 0.15) is 33.8 Å². The molecular weight excluding hydrogens is 443 g/mol. The van der Waals surface area contributed by atoms with Gasteiger partial charge in [-0.3, -0.25) is 15.0 Å². The number of nitrogens with zero attached hydrogens (tertiary/aromatic N) is 5. The molecular formula is C23H25FN6O2S. The monoisotopic (exact) mass is 468 g/mol. The molecule has 172 valence electrons. The molecule has 0 saturated heterocycles. The third-order valence-electron chi connectivity index (χ3n) is 6.88. The first-order valence-electron chi connectivity index (χ1n) is 10.8. The molecule has 0 radical (unpaired) electrons. The first kappa shape index (κ1) is 21.8. The zero-order valence-electron chi connectivity index (χ0n) is 18.7. The second-order valence-corrected chi connectivity index (χ2v) is 11.8. The van der Waals surface area contributed by atoms with Gasteiger partial charge < -0.3 is 5.73 Å². The molecule has 1 saturated carbocycles. The van der Waals surface area contributed by atoms with Crippen molar-refractivity contribution in [2.45, 2.75) is 50.3 Å². The largest absolute Gasteiger partial charge is 0.386 e. The van der Waals surface area contributed by atoms with E-state index in [9.17, 15) is 12.8 Å². The summed E-state index contributed by atoms with van der Waals surface area (Å²) in [5.74, 6) is -0.913. The summed E-state index contributed by atoms with van der Waals surface area (Å²) in [7, 11) is -3.66. The fourth-order valence-electron chi connectivity index (χ4n) is 4.71. The standard InChI is InChI=1S/C23H25FN6O2S/c1-13-6-18-20(27-9-13)19(29-12-28-18)8-15-7-16(17(24)10-26-15)22(2)11-33(31,32)23(3,14-4-5-14)21(25)30-22/h6-7,9-10,12,14H,4-5,8,11H2,1-3H3,(H2,25,30)/t22-,23-/m0/s1. The van der Waals surface area contributed by atoms with Crippen molar-refractivity contribution in [1.82, 2.24) is 19.9 Å². The van der Waals surface area contributed by atoms with Gasteiger partial charge in [-0.05, 0) is 57.2 Å². The zero-order chi connectivity index (χ0) is 23.6. The summed E-state index contributed by atoms with van der Waals surface area (Å²) in [4.78, 5) is 21.8. The molecule has 10 heteroatoms. The molecule has 5 rings (SSSR count). The molecule has 4 heterocycles. The zero-order valence-corrected chi connectivity index (χ0v) is 19.5. The summed E-state index contributed by atoms with van der Waals surface area (Å²) in [6.07, 6.45) is 6.19. The van der Waals surface area contributed by atoms with Crippen LogP contribution in [0.4, 0.5) is 4.39 Å². The highest BCUT2D eigenvalue weighted by Crippen LogP contribution is 2.49. The van der Waals surface area contributed by atoms with E-state index < -0.39 is 25.9 Å². The van der Waals surface area contributed by atoms with Crippen LogP contribution in [-0.2, 0) is 21.8 Å². The minimum Gasteiger partial charge on any atom is -0.386 e. The van der Waals surface area contributed by atoms with Crippen LogP contribution >= 0.6 is 0 Å². The summed E-state index contributed by atoms with van der Waals surface area (Å²) in [6, 6.07) is 3.48. The van der Waals surface area contributed by atoms with Gasteiger partial charge in [-0.1, -0.05) is 0 Å². The van der Waals surface area contributed by atoms with Gasteiger partial charge in [0, 0.05) is 23.9 Å². The molecule has 0 bridgehead atoms. The lowest BCUT2D eigenvalue weighted by Crippen LogP contribution is -2.58. The minimum atomic E-state index is -3.66. The molecule has 2 N–H and O–H groups in total. The van der Waals surface area contributed by atoms with Crippen molar-refractivity contribution in [2.24, 2.45) is 16.6 Å². The number of aromatic nitrogens is 4.